The van der Waals surface area contributed by atoms with Gasteiger partial charge in [0.05, 0.1) is 18.3 Å². The van der Waals surface area contributed by atoms with E-state index in [0.717, 1.165) is 17.5 Å². The Morgan fingerprint density at radius 1 is 1.07 bits per heavy atom. The lowest BCUT2D eigenvalue weighted by Gasteiger charge is -2.37. The molecule has 5 heteroatoms. The van der Waals surface area contributed by atoms with Crippen LogP contribution in [0.2, 0.25) is 0 Å². The predicted octanol–water partition coefficient (Wildman–Crippen LogP) is 2.65. The number of benzene rings is 1. The fourth-order valence-corrected chi connectivity index (χ4v) is 5.45. The summed E-state index contributed by atoms with van der Waals surface area (Å²) in [5, 5.41) is 0. The molecule has 1 aliphatic heterocycles. The summed E-state index contributed by atoms with van der Waals surface area (Å²) in [5.74, 6) is 1.15. The van der Waals surface area contributed by atoms with Crippen LogP contribution in [0.4, 0.5) is 0 Å². The molecule has 1 heterocycles. The number of nitrogens with zero attached hydrogens (tertiary/aromatic N) is 1. The van der Waals surface area contributed by atoms with Crippen molar-refractivity contribution >= 4 is 17.8 Å². The van der Waals surface area contributed by atoms with Gasteiger partial charge in [0, 0.05) is 6.54 Å². The molecule has 1 aromatic carbocycles. The van der Waals surface area contributed by atoms with Crippen LogP contribution in [-0.2, 0) is 14.4 Å². The van der Waals surface area contributed by atoms with Gasteiger partial charge < -0.3 is 4.74 Å². The van der Waals surface area contributed by atoms with Gasteiger partial charge in [-0.1, -0.05) is 24.3 Å². The van der Waals surface area contributed by atoms with E-state index < -0.39 is 5.97 Å². The quantitative estimate of drug-likeness (QED) is 0.356. The van der Waals surface area contributed by atoms with Crippen LogP contribution in [0.1, 0.15) is 24.0 Å². The molecule has 5 aliphatic rings. The SMILES string of the molecule is Cc1cccc(OC(=O)CCN2C(=O)[C@@H]3[C@H]4C=C[C@@H]([C@@H]5C[C@@H]45)[C@@H]3C2=O)c1C. The second kappa shape index (κ2) is 5.78. The number of aryl methyl sites for hydroxylation is 1. The summed E-state index contributed by atoms with van der Waals surface area (Å²) >= 11 is 0. The fraction of sp³-hybridized carbons (Fsp3) is 0.500. The van der Waals surface area contributed by atoms with E-state index in [1.807, 2.05) is 26.0 Å². The second-order valence-corrected chi connectivity index (χ2v) is 8.40. The number of ether oxygens (including phenoxy) is 1. The summed E-state index contributed by atoms with van der Waals surface area (Å²) < 4.78 is 5.45. The lowest BCUT2D eigenvalue weighted by atomic mass is 9.63. The zero-order valence-corrected chi connectivity index (χ0v) is 15.6. The summed E-state index contributed by atoms with van der Waals surface area (Å²) in [6.07, 6.45) is 5.49. The normalized spacial score (nSPS) is 35.3. The molecule has 0 aromatic heterocycles. The smallest absolute Gasteiger partial charge is 0.313 e. The van der Waals surface area contributed by atoms with Crippen LogP contribution in [0, 0.1) is 49.4 Å². The first kappa shape index (κ1) is 16.7. The maximum absolute atomic E-state index is 12.9. The Balaban J connectivity index is 1.26. The zero-order valence-electron chi connectivity index (χ0n) is 15.6. The van der Waals surface area contributed by atoms with Gasteiger partial charge in [0.1, 0.15) is 5.75 Å². The summed E-state index contributed by atoms with van der Waals surface area (Å²) in [6, 6.07) is 5.57. The topological polar surface area (TPSA) is 63.7 Å². The Morgan fingerprint density at radius 3 is 2.33 bits per heavy atom. The molecule has 6 rings (SSSR count). The minimum absolute atomic E-state index is 0.0277. The van der Waals surface area contributed by atoms with E-state index in [2.05, 4.69) is 12.2 Å². The van der Waals surface area contributed by atoms with Gasteiger partial charge in [0.25, 0.3) is 0 Å². The third kappa shape index (κ3) is 2.40. The Kier molecular flexibility index (Phi) is 3.58. The average molecular weight is 365 g/mol. The van der Waals surface area contributed by atoms with E-state index >= 15 is 0 Å². The molecule has 2 amide bonds. The number of hydrogen-bond acceptors (Lipinski definition) is 4. The van der Waals surface area contributed by atoms with E-state index in [1.54, 1.807) is 6.07 Å². The van der Waals surface area contributed by atoms with Crippen molar-refractivity contribution in [2.45, 2.75) is 26.7 Å². The summed E-state index contributed by atoms with van der Waals surface area (Å²) in [5.41, 5.74) is 1.97. The molecule has 6 atom stereocenters. The van der Waals surface area contributed by atoms with Crippen molar-refractivity contribution < 1.29 is 19.1 Å². The van der Waals surface area contributed by atoms with E-state index in [9.17, 15) is 14.4 Å². The molecule has 0 spiro atoms. The number of carbonyl (C=O) groups is 3. The third-order valence-electron chi connectivity index (χ3n) is 7.07. The number of imide groups is 1. The number of allylic oxidation sites excluding steroid dienone is 2. The molecule has 1 saturated heterocycles. The molecular weight excluding hydrogens is 342 g/mol. The van der Waals surface area contributed by atoms with E-state index in [1.165, 1.54) is 4.90 Å². The molecule has 4 aliphatic carbocycles. The van der Waals surface area contributed by atoms with Gasteiger partial charge >= 0.3 is 5.97 Å². The van der Waals surface area contributed by atoms with Crippen LogP contribution in [0.3, 0.4) is 0 Å². The largest absolute Gasteiger partial charge is 0.426 e. The van der Waals surface area contributed by atoms with Gasteiger partial charge in [-0.15, -0.1) is 0 Å². The highest BCUT2D eigenvalue weighted by atomic mass is 16.5. The minimum Gasteiger partial charge on any atom is -0.426 e. The molecular formula is C22H23NO4. The minimum atomic E-state index is -0.414. The van der Waals surface area contributed by atoms with Crippen molar-refractivity contribution in [3.05, 3.63) is 41.5 Å². The third-order valence-corrected chi connectivity index (χ3v) is 7.07. The number of rotatable bonds is 4. The second-order valence-electron chi connectivity index (χ2n) is 8.40. The van der Waals surface area contributed by atoms with Crippen molar-refractivity contribution in [3.8, 4) is 5.75 Å². The molecule has 0 unspecified atom stereocenters. The highest BCUT2D eigenvalue weighted by Gasteiger charge is 2.66. The van der Waals surface area contributed by atoms with Gasteiger partial charge in [0.15, 0.2) is 0 Å². The summed E-state index contributed by atoms with van der Waals surface area (Å²) in [6.45, 7) is 3.98. The first-order chi connectivity index (χ1) is 13.0. The highest BCUT2D eigenvalue weighted by Crippen LogP contribution is 2.65. The Labute approximate surface area is 158 Å². The molecule has 1 aromatic rings. The predicted molar refractivity (Wildman–Crippen MR) is 97.6 cm³/mol. The van der Waals surface area contributed by atoms with Crippen molar-refractivity contribution in [1.29, 1.82) is 0 Å². The molecule has 3 fully saturated rings. The fourth-order valence-electron chi connectivity index (χ4n) is 5.45. The maximum Gasteiger partial charge on any atom is 0.313 e. The molecule has 0 N–H and O–H groups in total. The van der Waals surface area contributed by atoms with Gasteiger partial charge in [-0.3, -0.25) is 19.3 Å². The molecule has 0 radical (unpaired) electrons. The van der Waals surface area contributed by atoms with Crippen molar-refractivity contribution in [3.63, 3.8) is 0 Å². The van der Waals surface area contributed by atoms with Crippen LogP contribution >= 0.6 is 0 Å². The Morgan fingerprint density at radius 2 is 1.70 bits per heavy atom. The van der Waals surface area contributed by atoms with Crippen LogP contribution in [0.15, 0.2) is 30.4 Å². The molecule has 2 bridgehead atoms. The number of amides is 2. The molecule has 2 saturated carbocycles. The van der Waals surface area contributed by atoms with Gasteiger partial charge in [0.2, 0.25) is 11.8 Å². The number of hydrogen-bond donors (Lipinski definition) is 0. The van der Waals surface area contributed by atoms with Crippen LogP contribution in [0.5, 0.6) is 5.75 Å². The van der Waals surface area contributed by atoms with Crippen molar-refractivity contribution in [2.75, 3.05) is 6.54 Å². The monoisotopic (exact) mass is 365 g/mol. The van der Waals surface area contributed by atoms with Crippen molar-refractivity contribution in [2.24, 2.45) is 35.5 Å². The number of esters is 1. The number of carbonyl (C=O) groups excluding carboxylic acids is 3. The van der Waals surface area contributed by atoms with Crippen LogP contribution < -0.4 is 4.74 Å². The maximum atomic E-state index is 12.9. The number of likely N-dealkylation sites (tertiary alicyclic amines) is 1. The van der Waals surface area contributed by atoms with E-state index in [-0.39, 0.29) is 48.5 Å². The standard InChI is InChI=1S/C22H23NO4/c1-11-4-3-5-17(12(11)2)27-18(24)8-9-23-21(25)19-13-6-7-14(16-10-15(13)16)20(19)22(23)26/h3-7,13-16,19-20H,8-10H2,1-2H3/t13-,14-,15-,16-,19-,20+/m0/s1. The lowest BCUT2D eigenvalue weighted by molar-refractivity contribution is -0.141. The van der Waals surface area contributed by atoms with Crippen LogP contribution in [-0.4, -0.2) is 29.2 Å². The van der Waals surface area contributed by atoms with Crippen molar-refractivity contribution in [1.82, 2.24) is 4.90 Å². The Hall–Kier alpha value is -2.43. The average Bonchev–Trinajstić information content (AvgIpc) is 3.43. The molecule has 27 heavy (non-hydrogen) atoms. The first-order valence-corrected chi connectivity index (χ1v) is 9.78. The first-order valence-electron chi connectivity index (χ1n) is 9.78. The van der Waals surface area contributed by atoms with Gasteiger partial charge in [-0.05, 0) is 61.1 Å². The molecule has 140 valence electrons. The van der Waals surface area contributed by atoms with Crippen LogP contribution in [0.25, 0.3) is 0 Å². The lowest BCUT2D eigenvalue weighted by Crippen LogP contribution is -2.40. The highest BCUT2D eigenvalue weighted by molar-refractivity contribution is 6.06. The molecule has 5 nitrogen and oxygen atoms in total. The summed E-state index contributed by atoms with van der Waals surface area (Å²) in [4.78, 5) is 39.4. The zero-order chi connectivity index (χ0) is 18.9. The van der Waals surface area contributed by atoms with Gasteiger partial charge in [-0.25, -0.2) is 0 Å². The summed E-state index contributed by atoms with van der Waals surface area (Å²) in [7, 11) is 0. The Bertz CT molecular complexity index is 852. The van der Waals surface area contributed by atoms with Gasteiger partial charge in [-0.2, -0.15) is 0 Å². The van der Waals surface area contributed by atoms with E-state index in [4.69, 9.17) is 4.74 Å². The van der Waals surface area contributed by atoms with E-state index in [0.29, 0.717) is 17.6 Å².